The minimum atomic E-state index is 0.911. The molecule has 4 rings (SSSR count). The maximum absolute atomic E-state index is 3.50. The zero-order valence-corrected chi connectivity index (χ0v) is 11.1. The lowest BCUT2D eigenvalue weighted by atomic mass is 9.92. The first kappa shape index (κ1) is 11.3. The maximum atomic E-state index is 3.50. The first-order valence-electron chi connectivity index (χ1n) is 6.93. The minimum Gasteiger partial charge on any atom is -0.380 e. The van der Waals surface area contributed by atoms with Gasteiger partial charge in [-0.05, 0) is 34.4 Å². The highest BCUT2D eigenvalue weighted by molar-refractivity contribution is 5.86. The number of fused-ring (bicyclic) bond motifs is 3. The molecule has 0 amide bonds. The monoisotopic (exact) mass is 257 g/mol. The lowest BCUT2D eigenvalue weighted by Crippen LogP contribution is -2.08. The molecule has 3 aromatic carbocycles. The van der Waals surface area contributed by atoms with Crippen molar-refractivity contribution in [3.63, 3.8) is 0 Å². The number of rotatable bonds is 1. The molecule has 20 heavy (non-hydrogen) atoms. The highest BCUT2D eigenvalue weighted by atomic mass is 14.9. The molecule has 1 heteroatoms. The van der Waals surface area contributed by atoms with E-state index in [1.54, 1.807) is 0 Å². The first-order chi connectivity index (χ1) is 9.92. The van der Waals surface area contributed by atoms with E-state index in [1.165, 1.54) is 33.5 Å². The van der Waals surface area contributed by atoms with Gasteiger partial charge in [0.1, 0.15) is 0 Å². The molecule has 0 aliphatic carbocycles. The van der Waals surface area contributed by atoms with Gasteiger partial charge in [0.05, 0.1) is 0 Å². The van der Waals surface area contributed by atoms with Crippen LogP contribution < -0.4 is 5.32 Å². The van der Waals surface area contributed by atoms with Crippen LogP contribution >= 0.6 is 0 Å². The lowest BCUT2D eigenvalue weighted by molar-refractivity contribution is 1.13. The summed E-state index contributed by atoms with van der Waals surface area (Å²) >= 11 is 0. The van der Waals surface area contributed by atoms with Crippen LogP contribution in [0.5, 0.6) is 0 Å². The van der Waals surface area contributed by atoms with Crippen molar-refractivity contribution >= 4 is 5.69 Å². The molecule has 96 valence electrons. The minimum absolute atomic E-state index is 0.911. The van der Waals surface area contributed by atoms with Crippen molar-refractivity contribution in [3.05, 3.63) is 78.4 Å². The molecule has 0 bridgehead atoms. The highest BCUT2D eigenvalue weighted by Crippen LogP contribution is 2.37. The molecule has 0 unspecified atom stereocenters. The van der Waals surface area contributed by atoms with Crippen molar-refractivity contribution in [1.82, 2.24) is 0 Å². The molecule has 1 N–H and O–H groups in total. The van der Waals surface area contributed by atoms with Gasteiger partial charge in [0.25, 0.3) is 0 Å². The number of benzene rings is 3. The van der Waals surface area contributed by atoms with Crippen LogP contribution in [0.1, 0.15) is 5.56 Å². The van der Waals surface area contributed by atoms with Crippen LogP contribution in [0.3, 0.4) is 0 Å². The Bertz CT molecular complexity index is 760. The third kappa shape index (κ3) is 1.79. The average molecular weight is 257 g/mol. The quantitative estimate of drug-likeness (QED) is 0.650. The van der Waals surface area contributed by atoms with Gasteiger partial charge in [0.15, 0.2) is 0 Å². The summed E-state index contributed by atoms with van der Waals surface area (Å²) in [6.07, 6.45) is 0. The summed E-state index contributed by atoms with van der Waals surface area (Å²) in [7, 11) is 0. The largest absolute Gasteiger partial charge is 0.380 e. The van der Waals surface area contributed by atoms with E-state index in [0.717, 1.165) is 6.54 Å². The van der Waals surface area contributed by atoms with Crippen LogP contribution in [-0.4, -0.2) is 0 Å². The van der Waals surface area contributed by atoms with Crippen molar-refractivity contribution < 1.29 is 0 Å². The normalized spacial score (nSPS) is 12.2. The van der Waals surface area contributed by atoms with Gasteiger partial charge in [0.2, 0.25) is 0 Å². The summed E-state index contributed by atoms with van der Waals surface area (Å²) in [6, 6.07) is 25.8. The fourth-order valence-electron chi connectivity index (χ4n) is 2.86. The lowest BCUT2D eigenvalue weighted by Gasteiger charge is -2.22. The van der Waals surface area contributed by atoms with E-state index in [9.17, 15) is 0 Å². The van der Waals surface area contributed by atoms with Crippen LogP contribution in [-0.2, 0) is 6.54 Å². The summed E-state index contributed by atoms with van der Waals surface area (Å²) in [4.78, 5) is 0. The van der Waals surface area contributed by atoms with Gasteiger partial charge in [-0.25, -0.2) is 0 Å². The Kier molecular flexibility index (Phi) is 2.56. The second kappa shape index (κ2) is 4.53. The van der Waals surface area contributed by atoms with E-state index in [0.29, 0.717) is 0 Å². The van der Waals surface area contributed by atoms with Crippen LogP contribution in [0, 0.1) is 0 Å². The fourth-order valence-corrected chi connectivity index (χ4v) is 2.86. The summed E-state index contributed by atoms with van der Waals surface area (Å²) in [6.45, 7) is 0.911. The molecular weight excluding hydrogens is 242 g/mol. The molecule has 0 atom stereocenters. The Morgan fingerprint density at radius 1 is 0.650 bits per heavy atom. The third-order valence-electron chi connectivity index (χ3n) is 3.90. The van der Waals surface area contributed by atoms with Gasteiger partial charge >= 0.3 is 0 Å². The van der Waals surface area contributed by atoms with Gasteiger partial charge in [-0.2, -0.15) is 0 Å². The van der Waals surface area contributed by atoms with E-state index in [1.807, 2.05) is 0 Å². The van der Waals surface area contributed by atoms with E-state index in [4.69, 9.17) is 0 Å². The fraction of sp³-hybridized carbons (Fsp3) is 0.0526. The van der Waals surface area contributed by atoms with E-state index >= 15 is 0 Å². The van der Waals surface area contributed by atoms with Crippen molar-refractivity contribution in [3.8, 4) is 22.3 Å². The molecule has 1 aliphatic rings. The molecule has 1 heterocycles. The number of anilines is 1. The number of hydrogen-bond acceptors (Lipinski definition) is 1. The molecule has 3 aromatic rings. The van der Waals surface area contributed by atoms with Gasteiger partial charge in [-0.3, -0.25) is 0 Å². The zero-order chi connectivity index (χ0) is 13.4. The number of nitrogens with one attached hydrogen (secondary N) is 1. The predicted octanol–water partition coefficient (Wildman–Crippen LogP) is 4.95. The van der Waals surface area contributed by atoms with Crippen molar-refractivity contribution in [2.24, 2.45) is 0 Å². The van der Waals surface area contributed by atoms with Gasteiger partial charge < -0.3 is 5.32 Å². The SMILES string of the molecule is c1ccc(-c2ccc3c(c2)-c2ccccc2CN3)cc1. The average Bonchev–Trinajstić information content (AvgIpc) is 2.55. The van der Waals surface area contributed by atoms with Gasteiger partial charge in [-0.15, -0.1) is 0 Å². The molecule has 1 aliphatic heterocycles. The summed E-state index contributed by atoms with van der Waals surface area (Å²) in [5, 5.41) is 3.50. The molecule has 0 spiro atoms. The Balaban J connectivity index is 1.90. The Morgan fingerprint density at radius 3 is 2.35 bits per heavy atom. The standard InChI is InChI=1S/C19H15N/c1-2-6-14(7-3-1)15-10-11-19-18(12-15)17-9-5-4-8-16(17)13-20-19/h1-12,20H,13H2. The molecule has 0 saturated heterocycles. The Hall–Kier alpha value is -2.54. The van der Waals surface area contributed by atoms with Crippen LogP contribution in [0.4, 0.5) is 5.69 Å². The molecule has 1 nitrogen and oxygen atoms in total. The Labute approximate surface area is 118 Å². The van der Waals surface area contributed by atoms with Crippen molar-refractivity contribution in [1.29, 1.82) is 0 Å². The predicted molar refractivity (Wildman–Crippen MR) is 84.6 cm³/mol. The molecule has 0 radical (unpaired) electrons. The maximum Gasteiger partial charge on any atom is 0.0423 e. The summed E-state index contributed by atoms with van der Waals surface area (Å²) in [5.41, 5.74) is 7.77. The van der Waals surface area contributed by atoms with Gasteiger partial charge in [-0.1, -0.05) is 60.7 Å². The highest BCUT2D eigenvalue weighted by Gasteiger charge is 2.15. The van der Waals surface area contributed by atoms with Crippen LogP contribution in [0.2, 0.25) is 0 Å². The van der Waals surface area contributed by atoms with Crippen molar-refractivity contribution in [2.45, 2.75) is 6.54 Å². The first-order valence-corrected chi connectivity index (χ1v) is 6.93. The third-order valence-corrected chi connectivity index (χ3v) is 3.90. The molecule has 0 fully saturated rings. The Morgan fingerprint density at radius 2 is 1.45 bits per heavy atom. The topological polar surface area (TPSA) is 12.0 Å². The summed E-state index contributed by atoms with van der Waals surface area (Å²) < 4.78 is 0. The van der Waals surface area contributed by atoms with E-state index < -0.39 is 0 Å². The molecular formula is C19H15N. The molecule has 0 aromatic heterocycles. The zero-order valence-electron chi connectivity index (χ0n) is 11.1. The summed E-state index contributed by atoms with van der Waals surface area (Å²) in [5.74, 6) is 0. The van der Waals surface area contributed by atoms with E-state index in [-0.39, 0.29) is 0 Å². The second-order valence-electron chi connectivity index (χ2n) is 5.14. The van der Waals surface area contributed by atoms with Crippen LogP contribution in [0.15, 0.2) is 72.8 Å². The molecule has 0 saturated carbocycles. The van der Waals surface area contributed by atoms with Gasteiger partial charge in [0, 0.05) is 17.8 Å². The second-order valence-corrected chi connectivity index (χ2v) is 5.14. The van der Waals surface area contributed by atoms with Crippen molar-refractivity contribution in [2.75, 3.05) is 5.32 Å². The number of hydrogen-bond donors (Lipinski definition) is 1. The smallest absolute Gasteiger partial charge is 0.0423 e. The van der Waals surface area contributed by atoms with E-state index in [2.05, 4.69) is 78.1 Å². The van der Waals surface area contributed by atoms with Crippen LogP contribution in [0.25, 0.3) is 22.3 Å².